The van der Waals surface area contributed by atoms with E-state index in [0.717, 1.165) is 11.4 Å². The van der Waals surface area contributed by atoms with E-state index in [1.807, 2.05) is 0 Å². The van der Waals surface area contributed by atoms with Crippen LogP contribution in [0.25, 0.3) is 274 Å². The van der Waals surface area contributed by atoms with Crippen LogP contribution in [0.15, 0.2) is 546 Å². The van der Waals surface area contributed by atoms with E-state index in [2.05, 4.69) is 573 Å². The Morgan fingerprint density at radius 3 is 0.685 bits per heavy atom. The molecular formula is C140H90N6. The van der Waals surface area contributed by atoms with Gasteiger partial charge in [-0.15, -0.1) is 0 Å². The predicted molar refractivity (Wildman–Crippen MR) is 620 cm³/mol. The van der Waals surface area contributed by atoms with Crippen molar-refractivity contribution in [3.05, 3.63) is 546 Å². The highest BCUT2D eigenvalue weighted by Crippen LogP contribution is 2.48. The van der Waals surface area contributed by atoms with Gasteiger partial charge in [-0.05, 0) is 257 Å². The van der Waals surface area contributed by atoms with Crippen molar-refractivity contribution in [2.75, 3.05) is 0 Å². The molecule has 0 saturated carbocycles. The van der Waals surface area contributed by atoms with E-state index in [9.17, 15) is 0 Å². The molecular weight excluding hydrogens is 1770 g/mol. The Hall–Kier alpha value is -19.4. The molecule has 0 radical (unpaired) electrons. The van der Waals surface area contributed by atoms with E-state index < -0.39 is 0 Å². The molecule has 31 rings (SSSR count). The summed E-state index contributed by atoms with van der Waals surface area (Å²) in [6.45, 7) is 0. The van der Waals surface area contributed by atoms with Gasteiger partial charge in [0.1, 0.15) is 0 Å². The lowest BCUT2D eigenvalue weighted by molar-refractivity contribution is 1.18. The van der Waals surface area contributed by atoms with Crippen LogP contribution in [-0.4, -0.2) is 27.4 Å². The largest absolute Gasteiger partial charge is 0.309 e. The summed E-state index contributed by atoms with van der Waals surface area (Å²) in [5, 5.41) is 27.7. The molecule has 0 N–H and O–H groups in total. The first-order valence-electron chi connectivity index (χ1n) is 50.3. The normalized spacial score (nSPS) is 11.8. The first-order valence-corrected chi connectivity index (χ1v) is 50.3. The molecule has 6 nitrogen and oxygen atoms in total. The number of para-hydroxylation sites is 7. The van der Waals surface area contributed by atoms with Crippen molar-refractivity contribution in [1.82, 2.24) is 27.4 Å². The fraction of sp³-hybridized carbons (Fsp3) is 0. The Morgan fingerprint density at radius 2 is 0.308 bits per heavy atom. The predicted octanol–water partition coefficient (Wildman–Crippen LogP) is 37.7. The summed E-state index contributed by atoms with van der Waals surface area (Å²) in [5.74, 6) is 0. The molecule has 0 aliphatic rings. The Labute approximate surface area is 841 Å². The number of aromatic nitrogens is 6. The van der Waals surface area contributed by atoms with Gasteiger partial charge in [-0.25, -0.2) is 0 Å². The summed E-state index contributed by atoms with van der Waals surface area (Å²) >= 11 is 0. The maximum absolute atomic E-state index is 2.46. The number of fused-ring (bicyclic) bond motifs is 25. The minimum absolute atomic E-state index is 1.16. The minimum atomic E-state index is 1.16. The van der Waals surface area contributed by atoms with Gasteiger partial charge in [0.2, 0.25) is 0 Å². The molecule has 0 bridgehead atoms. The van der Waals surface area contributed by atoms with Gasteiger partial charge in [-0.2, -0.15) is 0 Å². The molecule has 0 spiro atoms. The number of benzene rings is 25. The van der Waals surface area contributed by atoms with Crippen molar-refractivity contribution in [2.45, 2.75) is 0 Å². The molecule has 31 aromatic rings. The third-order valence-corrected chi connectivity index (χ3v) is 30.5. The Morgan fingerprint density at radius 1 is 0.0890 bits per heavy atom. The fourth-order valence-corrected chi connectivity index (χ4v) is 23.8. The Balaban J connectivity index is 0.000000104. The lowest BCUT2D eigenvalue weighted by Gasteiger charge is -2.14. The number of hydrogen-bond acceptors (Lipinski definition) is 0. The second kappa shape index (κ2) is 34.3. The van der Waals surface area contributed by atoms with Gasteiger partial charge in [0, 0.05) is 97.9 Å². The van der Waals surface area contributed by atoms with E-state index >= 15 is 0 Å². The Bertz CT molecular complexity index is 10700. The number of hydrogen-bond donors (Lipinski definition) is 0. The summed E-state index contributed by atoms with van der Waals surface area (Å²) < 4.78 is 14.5. The standard InChI is InChI=1S/2C50H32N2.C40H26N2/c1-2-13-33(14-3-1)34-16-12-17-38(29-34)51-46-23-10-8-21-42(46)44-30-35(25-27-48(44)51)36-26-28-49-45(31-36)43-22-9-11-24-47(43)52(49)50-32-37-15-4-5-18-39(37)40-19-6-7-20-41(40)50;1-2-12-33(13-3-1)34-22-26-38(27-23-34)51-46-20-10-8-18-42(46)44-30-35(24-28-48(44)51)36-25-29-49-45(31-36)43-19-9-11-21-47(43)52(49)50-32-37-14-4-5-15-39(37)40-16-6-7-17-41(40)50;1-2-13-30(14-3-1)41-37-18-8-6-16-32(37)34-25-28(21-23-39(34)41)29-22-24-40-35(26-29)33-17-7-9-19-38(33)42(40)36-20-10-12-27-11-4-5-15-31(27)36/h2*1-32H;1-26H. The summed E-state index contributed by atoms with van der Waals surface area (Å²) in [4.78, 5) is 0. The lowest BCUT2D eigenvalue weighted by atomic mass is 9.99. The van der Waals surface area contributed by atoms with E-state index in [-0.39, 0.29) is 0 Å². The van der Waals surface area contributed by atoms with Crippen LogP contribution < -0.4 is 0 Å². The highest BCUT2D eigenvalue weighted by atomic mass is 15.0. The van der Waals surface area contributed by atoms with Gasteiger partial charge in [0.25, 0.3) is 0 Å². The monoisotopic (exact) mass is 1850 g/mol. The molecule has 6 heteroatoms. The van der Waals surface area contributed by atoms with E-state index in [1.54, 1.807) is 0 Å². The van der Waals surface area contributed by atoms with Crippen LogP contribution in [0.3, 0.4) is 0 Å². The zero-order chi connectivity index (χ0) is 96.0. The van der Waals surface area contributed by atoms with Gasteiger partial charge in [0.15, 0.2) is 0 Å². The van der Waals surface area contributed by atoms with Crippen LogP contribution in [0.2, 0.25) is 0 Å². The molecule has 6 aromatic heterocycles. The van der Waals surface area contributed by atoms with Crippen LogP contribution >= 0.6 is 0 Å². The van der Waals surface area contributed by atoms with Crippen molar-refractivity contribution in [1.29, 1.82) is 0 Å². The zero-order valence-electron chi connectivity index (χ0n) is 79.6. The molecule has 0 atom stereocenters. The summed E-state index contributed by atoms with van der Waals surface area (Å²) in [5.41, 5.74) is 33.9. The van der Waals surface area contributed by atoms with Crippen LogP contribution in [0.1, 0.15) is 0 Å². The maximum atomic E-state index is 2.46. The van der Waals surface area contributed by atoms with Gasteiger partial charge in [-0.1, -0.05) is 382 Å². The summed E-state index contributed by atoms with van der Waals surface area (Å²) in [6.07, 6.45) is 0. The SMILES string of the molecule is c1ccc(-c2ccc(-n3c4ccccc4c4cc(-c5ccc6c(c5)c5ccccc5n6-c5cc6ccccc6c6ccccc56)ccc43)cc2)cc1.c1ccc(-c2cccc(-n3c4ccccc4c4cc(-c5ccc6c(c5)c5ccccc5n6-c5cc6ccccc6c6ccccc56)ccc43)c2)cc1.c1ccc(-n2c3ccccc3c3cc(-c4ccc5c(c4)c4ccccc4n5-c4cccc5ccccc45)ccc32)cc1. The minimum Gasteiger partial charge on any atom is -0.309 e. The second-order valence-corrected chi connectivity index (χ2v) is 38.5. The zero-order valence-corrected chi connectivity index (χ0v) is 79.6. The third kappa shape index (κ3) is 13.6. The molecule has 146 heavy (non-hydrogen) atoms. The molecule has 680 valence electrons. The van der Waals surface area contributed by atoms with Crippen molar-refractivity contribution < 1.29 is 0 Å². The lowest BCUT2D eigenvalue weighted by Crippen LogP contribution is -1.96. The third-order valence-electron chi connectivity index (χ3n) is 30.5. The summed E-state index contributed by atoms with van der Waals surface area (Å²) in [7, 11) is 0. The molecule has 0 unspecified atom stereocenters. The fourth-order valence-electron chi connectivity index (χ4n) is 23.8. The van der Waals surface area contributed by atoms with Crippen molar-refractivity contribution in [2.24, 2.45) is 0 Å². The maximum Gasteiger partial charge on any atom is 0.0546 e. The van der Waals surface area contributed by atoms with Crippen molar-refractivity contribution in [3.8, 4) is 89.8 Å². The average molecular weight is 1860 g/mol. The van der Waals surface area contributed by atoms with Gasteiger partial charge in [-0.3, -0.25) is 0 Å². The highest BCUT2D eigenvalue weighted by molar-refractivity contribution is 6.21. The van der Waals surface area contributed by atoms with Crippen LogP contribution in [0, 0.1) is 0 Å². The van der Waals surface area contributed by atoms with Crippen LogP contribution in [0.4, 0.5) is 0 Å². The van der Waals surface area contributed by atoms with Gasteiger partial charge >= 0.3 is 0 Å². The Kier molecular flexibility index (Phi) is 19.6. The van der Waals surface area contributed by atoms with E-state index in [0.29, 0.717) is 0 Å². The van der Waals surface area contributed by atoms with Crippen molar-refractivity contribution >= 4 is 185 Å². The molecule has 0 amide bonds. The molecule has 0 aliphatic carbocycles. The van der Waals surface area contributed by atoms with E-state index in [1.165, 1.54) is 263 Å². The van der Waals surface area contributed by atoms with Gasteiger partial charge in [0.05, 0.1) is 83.3 Å². The first kappa shape index (κ1) is 83.6. The topological polar surface area (TPSA) is 29.6 Å². The van der Waals surface area contributed by atoms with Crippen LogP contribution in [0.5, 0.6) is 0 Å². The summed E-state index contributed by atoms with van der Waals surface area (Å²) in [6, 6.07) is 199. The molecule has 0 fully saturated rings. The smallest absolute Gasteiger partial charge is 0.0546 e. The quantitative estimate of drug-likeness (QED) is 0.116. The van der Waals surface area contributed by atoms with Gasteiger partial charge < -0.3 is 27.4 Å². The molecule has 6 heterocycles. The average Bonchev–Trinajstić information content (AvgIpc) is 1.49. The van der Waals surface area contributed by atoms with Crippen molar-refractivity contribution in [3.63, 3.8) is 0 Å². The van der Waals surface area contributed by atoms with E-state index in [4.69, 9.17) is 0 Å². The molecule has 0 saturated heterocycles. The highest BCUT2D eigenvalue weighted by Gasteiger charge is 2.25. The van der Waals surface area contributed by atoms with Crippen LogP contribution in [-0.2, 0) is 0 Å². The molecule has 25 aromatic carbocycles. The molecule has 0 aliphatic heterocycles. The second-order valence-electron chi connectivity index (χ2n) is 38.5. The first-order chi connectivity index (χ1) is 72.4. The number of rotatable bonds is 11. The number of nitrogens with zero attached hydrogens (tertiary/aromatic N) is 6.